The van der Waals surface area contributed by atoms with Crippen molar-refractivity contribution in [3.05, 3.63) is 0 Å². The Morgan fingerprint density at radius 2 is 1.59 bits per heavy atom. The molecule has 2 atom stereocenters. The van der Waals surface area contributed by atoms with E-state index in [4.69, 9.17) is 5.11 Å². The van der Waals surface area contributed by atoms with Crippen LogP contribution in [0.15, 0.2) is 0 Å². The molecule has 2 aliphatic rings. The lowest BCUT2D eigenvalue weighted by Crippen LogP contribution is -2.51. The van der Waals surface area contributed by atoms with E-state index in [1.165, 1.54) is 0 Å². The first-order chi connectivity index (χ1) is 7.80. The van der Waals surface area contributed by atoms with Crippen molar-refractivity contribution in [2.24, 2.45) is 11.3 Å². The van der Waals surface area contributed by atoms with Gasteiger partial charge in [0.15, 0.2) is 0 Å². The van der Waals surface area contributed by atoms with E-state index in [9.17, 15) is 9.59 Å². The summed E-state index contributed by atoms with van der Waals surface area (Å²) in [5.74, 6) is -0.782. The molecule has 0 aromatic heterocycles. The summed E-state index contributed by atoms with van der Waals surface area (Å²) in [5, 5.41) is 9.08. The fourth-order valence-corrected chi connectivity index (χ4v) is 3.10. The number of carboxylic acids is 1. The number of carbonyl (C=O) groups excluding carboxylic acids is 1. The second kappa shape index (κ2) is 4.00. The smallest absolute Gasteiger partial charge is 0.306 e. The summed E-state index contributed by atoms with van der Waals surface area (Å²) < 4.78 is 0. The highest BCUT2D eigenvalue weighted by Crippen LogP contribution is 2.40. The standard InChI is InChI=1S/C13H21NO3/c1-13(2,3)12(17)14-9-4-5-10(14)7-8(6-9)11(15)16/h8-10H,4-7H2,1-3H3,(H,15,16). The van der Waals surface area contributed by atoms with Crippen molar-refractivity contribution in [2.75, 3.05) is 0 Å². The summed E-state index contributed by atoms with van der Waals surface area (Å²) in [7, 11) is 0. The van der Waals surface area contributed by atoms with Crippen molar-refractivity contribution in [1.82, 2.24) is 4.90 Å². The molecule has 2 rings (SSSR count). The van der Waals surface area contributed by atoms with Crippen LogP contribution in [-0.2, 0) is 9.59 Å². The highest BCUT2D eigenvalue weighted by Gasteiger charge is 2.47. The monoisotopic (exact) mass is 239 g/mol. The Morgan fingerprint density at radius 1 is 1.12 bits per heavy atom. The number of hydrogen-bond donors (Lipinski definition) is 1. The summed E-state index contributed by atoms with van der Waals surface area (Å²) in [4.78, 5) is 25.4. The number of carbonyl (C=O) groups is 2. The third kappa shape index (κ3) is 2.17. The van der Waals surface area contributed by atoms with Gasteiger partial charge in [-0.15, -0.1) is 0 Å². The molecule has 2 bridgehead atoms. The Morgan fingerprint density at radius 3 is 1.94 bits per heavy atom. The van der Waals surface area contributed by atoms with Crippen LogP contribution in [0.2, 0.25) is 0 Å². The summed E-state index contributed by atoms with van der Waals surface area (Å²) >= 11 is 0. The SMILES string of the molecule is CC(C)(C)C(=O)N1C2CCC1CC(C(=O)O)C2. The first-order valence-corrected chi connectivity index (χ1v) is 6.36. The summed E-state index contributed by atoms with van der Waals surface area (Å²) in [6.07, 6.45) is 3.20. The number of nitrogens with zero attached hydrogens (tertiary/aromatic N) is 1. The van der Waals surface area contributed by atoms with Crippen molar-refractivity contribution in [1.29, 1.82) is 0 Å². The van der Waals surface area contributed by atoms with Crippen LogP contribution >= 0.6 is 0 Å². The van der Waals surface area contributed by atoms with Gasteiger partial charge in [0.25, 0.3) is 0 Å². The predicted molar refractivity (Wildman–Crippen MR) is 63.5 cm³/mol. The topological polar surface area (TPSA) is 57.6 Å². The molecule has 17 heavy (non-hydrogen) atoms. The highest BCUT2D eigenvalue weighted by atomic mass is 16.4. The van der Waals surface area contributed by atoms with Gasteiger partial charge in [0, 0.05) is 17.5 Å². The van der Waals surface area contributed by atoms with Gasteiger partial charge in [0.2, 0.25) is 5.91 Å². The average Bonchev–Trinajstić information content (AvgIpc) is 2.45. The molecule has 0 aromatic carbocycles. The van der Waals surface area contributed by atoms with Crippen molar-refractivity contribution in [3.63, 3.8) is 0 Å². The van der Waals surface area contributed by atoms with Gasteiger partial charge in [-0.2, -0.15) is 0 Å². The maximum atomic E-state index is 12.3. The van der Waals surface area contributed by atoms with Gasteiger partial charge in [-0.3, -0.25) is 9.59 Å². The zero-order chi connectivity index (χ0) is 12.8. The molecule has 0 aromatic rings. The number of piperidine rings is 1. The van der Waals surface area contributed by atoms with Gasteiger partial charge in [0.1, 0.15) is 0 Å². The quantitative estimate of drug-likeness (QED) is 0.760. The van der Waals surface area contributed by atoms with Gasteiger partial charge in [-0.05, 0) is 25.7 Å². The molecule has 1 N–H and O–H groups in total. The first kappa shape index (κ1) is 12.4. The van der Waals surface area contributed by atoms with Crippen LogP contribution < -0.4 is 0 Å². The largest absolute Gasteiger partial charge is 0.481 e. The zero-order valence-corrected chi connectivity index (χ0v) is 10.8. The van der Waals surface area contributed by atoms with E-state index < -0.39 is 5.97 Å². The lowest BCUT2D eigenvalue weighted by atomic mass is 9.87. The summed E-state index contributed by atoms with van der Waals surface area (Å²) in [5.41, 5.74) is -0.364. The zero-order valence-electron chi connectivity index (χ0n) is 10.8. The number of fused-ring (bicyclic) bond motifs is 2. The molecule has 2 aliphatic heterocycles. The minimum Gasteiger partial charge on any atom is -0.481 e. The van der Waals surface area contributed by atoms with Crippen LogP contribution in [-0.4, -0.2) is 34.0 Å². The Labute approximate surface area is 102 Å². The number of aliphatic carboxylic acids is 1. The third-order valence-corrected chi connectivity index (χ3v) is 3.96. The van der Waals surface area contributed by atoms with Crippen molar-refractivity contribution in [2.45, 2.75) is 58.5 Å². The molecule has 2 heterocycles. The summed E-state index contributed by atoms with van der Waals surface area (Å²) in [6.45, 7) is 5.79. The van der Waals surface area contributed by atoms with Gasteiger partial charge in [-0.25, -0.2) is 0 Å². The molecular formula is C13H21NO3. The first-order valence-electron chi connectivity index (χ1n) is 6.36. The van der Waals surface area contributed by atoms with Gasteiger partial charge >= 0.3 is 5.97 Å². The molecule has 2 fully saturated rings. The molecule has 2 unspecified atom stereocenters. The Balaban J connectivity index is 2.14. The van der Waals surface area contributed by atoms with Gasteiger partial charge in [0.05, 0.1) is 5.92 Å². The molecule has 2 saturated heterocycles. The third-order valence-electron chi connectivity index (χ3n) is 3.96. The molecule has 96 valence electrons. The van der Waals surface area contributed by atoms with Crippen molar-refractivity contribution >= 4 is 11.9 Å². The van der Waals surface area contributed by atoms with E-state index in [-0.39, 0.29) is 29.3 Å². The van der Waals surface area contributed by atoms with E-state index in [1.807, 2.05) is 25.7 Å². The van der Waals surface area contributed by atoms with E-state index in [0.717, 1.165) is 12.8 Å². The predicted octanol–water partition coefficient (Wildman–Crippen LogP) is 1.89. The van der Waals surface area contributed by atoms with E-state index >= 15 is 0 Å². The van der Waals surface area contributed by atoms with E-state index in [0.29, 0.717) is 12.8 Å². The molecule has 1 amide bonds. The van der Waals surface area contributed by atoms with Crippen LogP contribution in [0.5, 0.6) is 0 Å². The maximum Gasteiger partial charge on any atom is 0.306 e. The van der Waals surface area contributed by atoms with E-state index in [2.05, 4.69) is 0 Å². The Kier molecular flexibility index (Phi) is 2.92. The van der Waals surface area contributed by atoms with Crippen molar-refractivity contribution in [3.8, 4) is 0 Å². The summed E-state index contributed by atoms with van der Waals surface area (Å²) in [6, 6.07) is 0.308. The molecule has 0 radical (unpaired) electrons. The van der Waals surface area contributed by atoms with Crippen molar-refractivity contribution < 1.29 is 14.7 Å². The lowest BCUT2D eigenvalue weighted by Gasteiger charge is -2.40. The van der Waals surface area contributed by atoms with Crippen LogP contribution in [0.4, 0.5) is 0 Å². The molecule has 0 saturated carbocycles. The minimum atomic E-state index is -0.704. The number of amides is 1. The van der Waals surface area contributed by atoms with Crippen LogP contribution in [0.25, 0.3) is 0 Å². The normalized spacial score (nSPS) is 32.6. The lowest BCUT2D eigenvalue weighted by molar-refractivity contribution is -0.151. The molecule has 0 aliphatic carbocycles. The number of rotatable bonds is 1. The van der Waals surface area contributed by atoms with Crippen LogP contribution in [0, 0.1) is 11.3 Å². The Hall–Kier alpha value is -1.06. The second-order valence-electron chi connectivity index (χ2n) is 6.35. The molecular weight excluding hydrogens is 218 g/mol. The van der Waals surface area contributed by atoms with E-state index in [1.54, 1.807) is 0 Å². The molecule has 4 nitrogen and oxygen atoms in total. The van der Waals surface area contributed by atoms with Crippen LogP contribution in [0.3, 0.4) is 0 Å². The highest BCUT2D eigenvalue weighted by molar-refractivity contribution is 5.83. The fraction of sp³-hybridized carbons (Fsp3) is 0.846. The van der Waals surface area contributed by atoms with Gasteiger partial charge in [-0.1, -0.05) is 20.8 Å². The van der Waals surface area contributed by atoms with Gasteiger partial charge < -0.3 is 10.0 Å². The maximum absolute atomic E-state index is 12.3. The minimum absolute atomic E-state index is 0.154. The molecule has 4 heteroatoms. The average molecular weight is 239 g/mol. The second-order valence-corrected chi connectivity index (χ2v) is 6.35. The number of hydrogen-bond acceptors (Lipinski definition) is 2. The fourth-order valence-electron chi connectivity index (χ4n) is 3.10. The van der Waals surface area contributed by atoms with Crippen LogP contribution in [0.1, 0.15) is 46.5 Å². The Bertz CT molecular complexity index is 331. The number of carboxylic acid groups (broad SMARTS) is 1. The molecule has 0 spiro atoms.